The standard InChI is InChI=1S/C18H21N5O2/c1-12-9-20-16(10-19-12)18(25)22-7-3-5-14(22)11-23-17(24)8-13-4-2-6-15(13)21-23/h8-10,14H,2-7,11H2,1H3. The minimum Gasteiger partial charge on any atom is -0.332 e. The molecular weight excluding hydrogens is 318 g/mol. The molecule has 1 unspecified atom stereocenters. The van der Waals surface area contributed by atoms with Gasteiger partial charge >= 0.3 is 0 Å². The normalized spacial score (nSPS) is 19.2. The highest BCUT2D eigenvalue weighted by Gasteiger charge is 2.31. The van der Waals surface area contributed by atoms with Gasteiger partial charge in [0.1, 0.15) is 5.69 Å². The molecule has 4 rings (SSSR count). The zero-order valence-electron chi connectivity index (χ0n) is 14.3. The molecule has 2 aromatic heterocycles. The monoisotopic (exact) mass is 339 g/mol. The quantitative estimate of drug-likeness (QED) is 0.837. The van der Waals surface area contributed by atoms with Crippen molar-refractivity contribution in [1.29, 1.82) is 0 Å². The number of hydrogen-bond acceptors (Lipinski definition) is 5. The Kier molecular flexibility index (Phi) is 4.07. The molecule has 0 spiro atoms. The molecule has 1 aliphatic carbocycles. The first-order chi connectivity index (χ1) is 12.1. The van der Waals surface area contributed by atoms with Crippen LogP contribution in [0.2, 0.25) is 0 Å². The molecule has 1 aliphatic heterocycles. The molecule has 0 radical (unpaired) electrons. The zero-order valence-corrected chi connectivity index (χ0v) is 14.3. The number of rotatable bonds is 3. The van der Waals surface area contributed by atoms with Crippen molar-refractivity contribution in [2.24, 2.45) is 0 Å². The summed E-state index contributed by atoms with van der Waals surface area (Å²) in [5.41, 5.74) is 3.17. The number of carbonyl (C=O) groups excluding carboxylic acids is 1. The van der Waals surface area contributed by atoms with Crippen LogP contribution in [-0.4, -0.2) is 43.1 Å². The highest BCUT2D eigenvalue weighted by atomic mass is 16.2. The first kappa shape index (κ1) is 15.9. The lowest BCUT2D eigenvalue weighted by Gasteiger charge is -2.24. The van der Waals surface area contributed by atoms with Crippen LogP contribution in [-0.2, 0) is 19.4 Å². The van der Waals surface area contributed by atoms with Crippen molar-refractivity contribution >= 4 is 5.91 Å². The van der Waals surface area contributed by atoms with Gasteiger partial charge in [-0.1, -0.05) is 0 Å². The average molecular weight is 339 g/mol. The van der Waals surface area contributed by atoms with E-state index in [-0.39, 0.29) is 17.5 Å². The summed E-state index contributed by atoms with van der Waals surface area (Å²) in [4.78, 5) is 35.2. The second-order valence-corrected chi connectivity index (χ2v) is 6.83. The van der Waals surface area contributed by atoms with Crippen LogP contribution in [0.25, 0.3) is 0 Å². The van der Waals surface area contributed by atoms with Crippen LogP contribution in [0.1, 0.15) is 46.7 Å². The van der Waals surface area contributed by atoms with E-state index < -0.39 is 0 Å². The summed E-state index contributed by atoms with van der Waals surface area (Å²) < 4.78 is 1.53. The number of carbonyl (C=O) groups is 1. The molecule has 3 heterocycles. The van der Waals surface area contributed by atoms with Crippen LogP contribution in [0.3, 0.4) is 0 Å². The lowest BCUT2D eigenvalue weighted by atomic mass is 10.2. The summed E-state index contributed by atoms with van der Waals surface area (Å²) in [5, 5.41) is 4.53. The molecule has 0 aromatic carbocycles. The molecular formula is C18H21N5O2. The third-order valence-corrected chi connectivity index (χ3v) is 5.05. The smallest absolute Gasteiger partial charge is 0.274 e. The van der Waals surface area contributed by atoms with Crippen molar-refractivity contribution < 1.29 is 4.79 Å². The molecule has 1 atom stereocenters. The fraction of sp³-hybridized carbons (Fsp3) is 0.500. The van der Waals surface area contributed by atoms with Gasteiger partial charge in [-0.05, 0) is 44.6 Å². The summed E-state index contributed by atoms with van der Waals surface area (Å²) in [7, 11) is 0. The minimum absolute atomic E-state index is 0.0275. The molecule has 2 aliphatic rings. The van der Waals surface area contributed by atoms with E-state index in [1.165, 1.54) is 10.9 Å². The van der Waals surface area contributed by atoms with Crippen molar-refractivity contribution in [3.63, 3.8) is 0 Å². The van der Waals surface area contributed by atoms with Crippen molar-refractivity contribution in [1.82, 2.24) is 24.6 Å². The maximum absolute atomic E-state index is 12.7. The van der Waals surface area contributed by atoms with E-state index in [0.717, 1.165) is 49.1 Å². The predicted octanol–water partition coefficient (Wildman–Crippen LogP) is 1.14. The summed E-state index contributed by atoms with van der Waals surface area (Å²) in [5.74, 6) is -0.121. The molecule has 1 fully saturated rings. The van der Waals surface area contributed by atoms with Gasteiger partial charge in [-0.2, -0.15) is 5.10 Å². The van der Waals surface area contributed by atoms with Gasteiger partial charge < -0.3 is 4.90 Å². The van der Waals surface area contributed by atoms with Gasteiger partial charge in [0, 0.05) is 18.8 Å². The number of aromatic nitrogens is 4. The van der Waals surface area contributed by atoms with Crippen LogP contribution in [0.4, 0.5) is 0 Å². The maximum atomic E-state index is 12.7. The van der Waals surface area contributed by atoms with Gasteiger partial charge in [0.2, 0.25) is 0 Å². The van der Waals surface area contributed by atoms with E-state index in [1.807, 2.05) is 6.92 Å². The van der Waals surface area contributed by atoms with Crippen LogP contribution in [0.15, 0.2) is 23.3 Å². The molecule has 0 N–H and O–H groups in total. The molecule has 1 saturated heterocycles. The molecule has 7 nitrogen and oxygen atoms in total. The number of nitrogens with zero attached hydrogens (tertiary/aromatic N) is 5. The fourth-order valence-corrected chi connectivity index (χ4v) is 3.71. The van der Waals surface area contributed by atoms with E-state index in [0.29, 0.717) is 18.8 Å². The first-order valence-corrected chi connectivity index (χ1v) is 8.81. The molecule has 2 aromatic rings. The molecule has 7 heteroatoms. The third-order valence-electron chi connectivity index (χ3n) is 5.05. The highest BCUT2D eigenvalue weighted by Crippen LogP contribution is 2.21. The van der Waals surface area contributed by atoms with E-state index in [9.17, 15) is 9.59 Å². The largest absolute Gasteiger partial charge is 0.332 e. The number of likely N-dealkylation sites (tertiary alicyclic amines) is 1. The zero-order chi connectivity index (χ0) is 17.4. The summed E-state index contributed by atoms with van der Waals surface area (Å²) in [6.45, 7) is 2.96. The van der Waals surface area contributed by atoms with Crippen molar-refractivity contribution in [2.45, 2.75) is 51.6 Å². The Morgan fingerprint density at radius 2 is 2.12 bits per heavy atom. The second kappa shape index (κ2) is 6.38. The Labute approximate surface area is 145 Å². The van der Waals surface area contributed by atoms with Gasteiger partial charge in [-0.15, -0.1) is 0 Å². The number of aryl methyl sites for hydroxylation is 3. The molecule has 130 valence electrons. The molecule has 0 saturated carbocycles. The molecule has 0 bridgehead atoms. The topological polar surface area (TPSA) is 81.0 Å². The van der Waals surface area contributed by atoms with Crippen molar-refractivity contribution in [2.75, 3.05) is 6.54 Å². The van der Waals surface area contributed by atoms with Gasteiger partial charge in [-0.25, -0.2) is 9.67 Å². The number of hydrogen-bond donors (Lipinski definition) is 0. The van der Waals surface area contributed by atoms with Crippen molar-refractivity contribution in [3.05, 3.63) is 51.5 Å². The summed E-state index contributed by atoms with van der Waals surface area (Å²) in [6.07, 6.45) is 7.86. The van der Waals surface area contributed by atoms with E-state index >= 15 is 0 Å². The third kappa shape index (κ3) is 3.06. The highest BCUT2D eigenvalue weighted by molar-refractivity contribution is 5.92. The minimum atomic E-state index is -0.121. The first-order valence-electron chi connectivity index (χ1n) is 8.81. The van der Waals surface area contributed by atoms with E-state index in [4.69, 9.17) is 0 Å². The van der Waals surface area contributed by atoms with Gasteiger partial charge in [0.05, 0.1) is 30.2 Å². The van der Waals surface area contributed by atoms with E-state index in [1.54, 1.807) is 17.2 Å². The second-order valence-electron chi connectivity index (χ2n) is 6.83. The van der Waals surface area contributed by atoms with Gasteiger partial charge in [0.15, 0.2) is 0 Å². The van der Waals surface area contributed by atoms with Crippen LogP contribution < -0.4 is 5.56 Å². The molecule has 1 amide bonds. The van der Waals surface area contributed by atoms with Crippen LogP contribution >= 0.6 is 0 Å². The average Bonchev–Trinajstić information content (AvgIpc) is 3.24. The Balaban J connectivity index is 1.55. The summed E-state index contributed by atoms with van der Waals surface area (Å²) in [6, 6.07) is 1.68. The summed E-state index contributed by atoms with van der Waals surface area (Å²) >= 11 is 0. The number of amides is 1. The Hall–Kier alpha value is -2.57. The van der Waals surface area contributed by atoms with Crippen molar-refractivity contribution in [3.8, 4) is 0 Å². The molecule has 25 heavy (non-hydrogen) atoms. The predicted molar refractivity (Wildman–Crippen MR) is 91.3 cm³/mol. The maximum Gasteiger partial charge on any atom is 0.274 e. The van der Waals surface area contributed by atoms with Gasteiger partial charge in [-0.3, -0.25) is 14.6 Å². The Morgan fingerprint density at radius 1 is 1.24 bits per heavy atom. The lowest BCUT2D eigenvalue weighted by Crippen LogP contribution is -2.41. The Bertz CT molecular complexity index is 859. The lowest BCUT2D eigenvalue weighted by molar-refractivity contribution is 0.0713. The van der Waals surface area contributed by atoms with Gasteiger partial charge in [0.25, 0.3) is 11.5 Å². The number of fused-ring (bicyclic) bond motifs is 1. The SMILES string of the molecule is Cc1cnc(C(=O)N2CCCC2Cn2nc3c(cc2=O)CCC3)cn1. The fourth-order valence-electron chi connectivity index (χ4n) is 3.71. The van der Waals surface area contributed by atoms with Crippen LogP contribution in [0.5, 0.6) is 0 Å². The Morgan fingerprint density at radius 3 is 2.92 bits per heavy atom. The van der Waals surface area contributed by atoms with E-state index in [2.05, 4.69) is 15.1 Å². The van der Waals surface area contributed by atoms with Crippen LogP contribution in [0, 0.1) is 6.92 Å².